The van der Waals surface area contributed by atoms with Crippen molar-refractivity contribution < 1.29 is 23.6 Å². The Morgan fingerprint density at radius 2 is 1.86 bits per heavy atom. The summed E-state index contributed by atoms with van der Waals surface area (Å²) in [7, 11) is -1.23. The number of anilines is 2. The van der Waals surface area contributed by atoms with Gasteiger partial charge in [-0.15, -0.1) is 0 Å². The maximum absolute atomic E-state index is 13.0. The molecule has 0 radical (unpaired) electrons. The highest BCUT2D eigenvalue weighted by Gasteiger charge is 2.24. The van der Waals surface area contributed by atoms with Gasteiger partial charge >= 0.3 is 0 Å². The van der Waals surface area contributed by atoms with Crippen molar-refractivity contribution in [2.24, 2.45) is 5.92 Å². The van der Waals surface area contributed by atoms with E-state index in [2.05, 4.69) is 29.0 Å². The zero-order valence-electron chi connectivity index (χ0n) is 28.4. The molecule has 49 heavy (non-hydrogen) atoms. The summed E-state index contributed by atoms with van der Waals surface area (Å²) in [6.45, 7) is 8.51. The Morgan fingerprint density at radius 1 is 1.04 bits per heavy atom. The molecule has 0 bridgehead atoms. The Balaban J connectivity index is 1.24. The smallest absolute Gasteiger partial charge is 0.248 e. The van der Waals surface area contributed by atoms with Crippen LogP contribution in [0.5, 0.6) is 5.75 Å². The fraction of sp³-hybridized carbons (Fsp3) is 0.395. The van der Waals surface area contributed by atoms with Crippen molar-refractivity contribution in [3.63, 3.8) is 0 Å². The number of nitrogens with one attached hydrogen (secondary N) is 1. The maximum Gasteiger partial charge on any atom is 0.248 e. The molecule has 0 spiro atoms. The molecule has 1 aliphatic rings. The van der Waals surface area contributed by atoms with Crippen LogP contribution in [0.15, 0.2) is 84.3 Å². The summed E-state index contributed by atoms with van der Waals surface area (Å²) in [5.74, 6) is 1.84. The number of pyridine rings is 1. The molecule has 1 saturated heterocycles. The van der Waals surface area contributed by atoms with E-state index in [9.17, 15) is 14.1 Å². The van der Waals surface area contributed by atoms with Crippen molar-refractivity contribution in [2.45, 2.75) is 56.7 Å². The van der Waals surface area contributed by atoms with E-state index in [1.54, 1.807) is 42.9 Å². The Labute approximate surface area is 291 Å². The molecule has 3 heterocycles. The normalized spacial score (nSPS) is 15.2. The number of hydrogen-bond donors (Lipinski definition) is 2. The van der Waals surface area contributed by atoms with Crippen LogP contribution in [-0.2, 0) is 32.6 Å². The fourth-order valence-corrected chi connectivity index (χ4v) is 6.79. The van der Waals surface area contributed by atoms with Crippen LogP contribution < -0.4 is 15.0 Å². The van der Waals surface area contributed by atoms with Gasteiger partial charge in [-0.05, 0) is 73.4 Å². The van der Waals surface area contributed by atoms with Gasteiger partial charge in [0.05, 0.1) is 35.2 Å². The number of aliphatic hydroxyl groups excluding tert-OH is 1. The SMILES string of the molecule is CCCCOCCOc1ccc(-c2cnc(N3CCC(CO)C3)c(/C=C/C(=O)Nc3ccc(S(=O)Cc4cncn4CCC)cc3)c2)cc1. The number of hydrogen-bond acceptors (Lipinski definition) is 8. The molecule has 0 saturated carbocycles. The Hall–Kier alpha value is -4.32. The van der Waals surface area contributed by atoms with E-state index in [4.69, 9.17) is 14.5 Å². The minimum atomic E-state index is -1.23. The topological polar surface area (TPSA) is 119 Å². The van der Waals surface area contributed by atoms with Gasteiger partial charge in [-0.25, -0.2) is 9.97 Å². The molecule has 5 rings (SSSR count). The molecule has 2 aromatic heterocycles. The predicted molar refractivity (Wildman–Crippen MR) is 195 cm³/mol. The molecule has 1 aliphatic heterocycles. The average Bonchev–Trinajstić information content (AvgIpc) is 3.79. The molecule has 10 nitrogen and oxygen atoms in total. The van der Waals surface area contributed by atoms with Gasteiger partial charge < -0.3 is 29.4 Å². The van der Waals surface area contributed by atoms with Crippen LogP contribution in [0.1, 0.15) is 50.8 Å². The number of nitrogens with zero attached hydrogens (tertiary/aromatic N) is 4. The third kappa shape index (κ3) is 10.3. The zero-order chi connectivity index (χ0) is 34.4. The number of carbonyl (C=O) groups excluding carboxylic acids is 1. The lowest BCUT2D eigenvalue weighted by Crippen LogP contribution is -2.22. The molecule has 2 atom stereocenters. The summed E-state index contributed by atoms with van der Waals surface area (Å²) in [6.07, 6.45) is 12.7. The Bertz CT molecular complexity index is 1690. The molecule has 4 aromatic rings. The minimum absolute atomic E-state index is 0.136. The van der Waals surface area contributed by atoms with Gasteiger partial charge in [-0.3, -0.25) is 9.00 Å². The highest BCUT2D eigenvalue weighted by molar-refractivity contribution is 7.84. The highest BCUT2D eigenvalue weighted by Crippen LogP contribution is 2.30. The van der Waals surface area contributed by atoms with Crippen LogP contribution in [0.25, 0.3) is 17.2 Å². The number of unbranched alkanes of at least 4 members (excludes halogenated alkanes) is 1. The van der Waals surface area contributed by atoms with E-state index in [1.807, 2.05) is 41.1 Å². The van der Waals surface area contributed by atoms with Gasteiger partial charge in [0.1, 0.15) is 18.2 Å². The molecular weight excluding hydrogens is 639 g/mol. The first kappa shape index (κ1) is 36.0. The van der Waals surface area contributed by atoms with E-state index in [-0.39, 0.29) is 18.4 Å². The predicted octanol–water partition coefficient (Wildman–Crippen LogP) is 6.33. The minimum Gasteiger partial charge on any atom is -0.491 e. The third-order valence-electron chi connectivity index (χ3n) is 8.41. The third-order valence-corrected chi connectivity index (χ3v) is 9.76. The number of aryl methyl sites for hydroxylation is 1. The van der Waals surface area contributed by atoms with Crippen LogP contribution >= 0.6 is 0 Å². The molecular formula is C38H47N5O5S. The van der Waals surface area contributed by atoms with E-state index >= 15 is 0 Å². The first-order valence-electron chi connectivity index (χ1n) is 17.1. The van der Waals surface area contributed by atoms with Gasteiger partial charge in [0.25, 0.3) is 0 Å². The number of ether oxygens (including phenoxy) is 2. The standard InChI is InChI=1S/C38H47N5O5S/c1-3-5-19-47-20-21-48-35-11-6-30(7-12-35)32-22-31(38(40-23-32)42-18-16-29(25-42)26-44)8-15-37(45)41-33-9-13-36(14-10-33)49(46)27-34-24-39-28-43(34)17-4-2/h6-15,22-24,28-29,44H,3-5,16-21,25-27H2,1-2H3,(H,41,45)/b15-8+. The van der Waals surface area contributed by atoms with Gasteiger partial charge in [-0.2, -0.15) is 0 Å². The molecule has 1 amide bonds. The molecule has 2 N–H and O–H groups in total. The second-order valence-corrected chi connectivity index (χ2v) is 13.6. The van der Waals surface area contributed by atoms with E-state index in [0.29, 0.717) is 36.1 Å². The molecule has 2 unspecified atom stereocenters. The number of carbonyl (C=O) groups is 1. The van der Waals surface area contributed by atoms with Gasteiger partial charge in [0.15, 0.2) is 0 Å². The van der Waals surface area contributed by atoms with Crippen LogP contribution in [0.2, 0.25) is 0 Å². The number of benzene rings is 2. The van der Waals surface area contributed by atoms with Gasteiger partial charge in [-0.1, -0.05) is 32.4 Å². The van der Waals surface area contributed by atoms with Crippen molar-refractivity contribution >= 4 is 34.3 Å². The largest absolute Gasteiger partial charge is 0.491 e. The Morgan fingerprint density at radius 3 is 2.59 bits per heavy atom. The lowest BCUT2D eigenvalue weighted by molar-refractivity contribution is -0.111. The second-order valence-electron chi connectivity index (χ2n) is 12.2. The van der Waals surface area contributed by atoms with Crippen LogP contribution in [0.4, 0.5) is 11.5 Å². The summed E-state index contributed by atoms with van der Waals surface area (Å²) < 4.78 is 26.5. The van der Waals surface area contributed by atoms with Crippen molar-refractivity contribution in [1.29, 1.82) is 0 Å². The van der Waals surface area contributed by atoms with Crippen molar-refractivity contribution in [3.8, 4) is 16.9 Å². The van der Waals surface area contributed by atoms with Crippen molar-refractivity contribution in [3.05, 3.63) is 90.7 Å². The first-order chi connectivity index (χ1) is 24.0. The average molecular weight is 686 g/mol. The summed E-state index contributed by atoms with van der Waals surface area (Å²) in [4.78, 5) is 24.9. The number of imidazole rings is 1. The van der Waals surface area contributed by atoms with E-state index in [0.717, 1.165) is 79.3 Å². The molecule has 1 fully saturated rings. The van der Waals surface area contributed by atoms with E-state index < -0.39 is 10.8 Å². The number of rotatable bonds is 18. The van der Waals surface area contributed by atoms with Crippen molar-refractivity contribution in [2.75, 3.05) is 49.7 Å². The lowest BCUT2D eigenvalue weighted by Gasteiger charge is -2.20. The van der Waals surface area contributed by atoms with Gasteiger partial charge in [0, 0.05) is 78.9 Å². The zero-order valence-corrected chi connectivity index (χ0v) is 29.2. The number of aliphatic hydroxyl groups is 1. The first-order valence-corrected chi connectivity index (χ1v) is 18.4. The fourth-order valence-electron chi connectivity index (χ4n) is 5.67. The number of aromatic nitrogens is 3. The molecule has 11 heteroatoms. The Kier molecular flexibility index (Phi) is 13.5. The summed E-state index contributed by atoms with van der Waals surface area (Å²) in [6, 6.07) is 17.0. The summed E-state index contributed by atoms with van der Waals surface area (Å²) >= 11 is 0. The van der Waals surface area contributed by atoms with Crippen LogP contribution in [-0.4, -0.2) is 69.3 Å². The molecule has 2 aromatic carbocycles. The van der Waals surface area contributed by atoms with Gasteiger partial charge in [0.2, 0.25) is 5.91 Å². The molecule has 260 valence electrons. The monoisotopic (exact) mass is 685 g/mol. The highest BCUT2D eigenvalue weighted by atomic mass is 32.2. The maximum atomic E-state index is 13.0. The summed E-state index contributed by atoms with van der Waals surface area (Å²) in [5, 5.41) is 12.6. The second kappa shape index (κ2) is 18.4. The summed E-state index contributed by atoms with van der Waals surface area (Å²) in [5.41, 5.74) is 4.25. The van der Waals surface area contributed by atoms with Crippen LogP contribution in [0, 0.1) is 5.92 Å². The lowest BCUT2D eigenvalue weighted by atomic mass is 10.0. The number of amides is 1. The van der Waals surface area contributed by atoms with E-state index in [1.165, 1.54) is 6.08 Å². The van der Waals surface area contributed by atoms with Crippen LogP contribution in [0.3, 0.4) is 0 Å². The molecule has 0 aliphatic carbocycles. The quantitative estimate of drug-likeness (QED) is 0.0922. The van der Waals surface area contributed by atoms with Crippen molar-refractivity contribution in [1.82, 2.24) is 14.5 Å².